The third kappa shape index (κ3) is 5.81. The summed E-state index contributed by atoms with van der Waals surface area (Å²) in [5.41, 5.74) is 0. The van der Waals surface area contributed by atoms with Crippen LogP contribution in [0.25, 0.3) is 0 Å². The first-order valence-corrected chi connectivity index (χ1v) is 11.4. The van der Waals surface area contributed by atoms with Crippen LogP contribution in [0.15, 0.2) is 4.99 Å². The number of hydrogen-bond donors (Lipinski definition) is 0. The second kappa shape index (κ2) is 10.1. The molecule has 0 spiro atoms. The summed E-state index contributed by atoms with van der Waals surface area (Å²) in [6.45, 7) is 7.11. The van der Waals surface area contributed by atoms with Gasteiger partial charge in [0.1, 0.15) is 0 Å². The van der Waals surface area contributed by atoms with Crippen molar-refractivity contribution in [1.82, 2.24) is 0 Å². The van der Waals surface area contributed by atoms with E-state index in [9.17, 15) is 0 Å². The predicted molar refractivity (Wildman–Crippen MR) is 107 cm³/mol. The van der Waals surface area contributed by atoms with Crippen molar-refractivity contribution in [2.75, 3.05) is 6.61 Å². The zero-order chi connectivity index (χ0) is 17.5. The predicted octanol–water partition coefficient (Wildman–Crippen LogP) is 6.43. The highest BCUT2D eigenvalue weighted by atomic mass is 16.5. The van der Waals surface area contributed by atoms with Crippen LogP contribution in [0, 0.1) is 23.7 Å². The molecular formula is C23H41NO. The fourth-order valence-corrected chi connectivity index (χ4v) is 5.85. The average molecular weight is 348 g/mol. The highest BCUT2D eigenvalue weighted by Gasteiger charge is 2.31. The standard InChI is InChI=1S/C23H41NO/c1-3-4-18-7-15-23(16-8-18)25-17-19-5-9-20(10-6-19)21-11-13-22(24-2)14-12-21/h18-23H,2-17H2,1H3. The lowest BCUT2D eigenvalue weighted by Gasteiger charge is -2.37. The van der Waals surface area contributed by atoms with E-state index in [2.05, 4.69) is 18.6 Å². The fraction of sp³-hybridized carbons (Fsp3) is 0.957. The van der Waals surface area contributed by atoms with E-state index < -0.39 is 0 Å². The monoisotopic (exact) mass is 347 g/mol. The average Bonchev–Trinajstić information content (AvgIpc) is 2.68. The summed E-state index contributed by atoms with van der Waals surface area (Å²) in [6.07, 6.45) is 19.9. The van der Waals surface area contributed by atoms with Crippen molar-refractivity contribution < 1.29 is 4.74 Å². The van der Waals surface area contributed by atoms with Crippen LogP contribution < -0.4 is 0 Å². The Morgan fingerprint density at radius 3 is 1.88 bits per heavy atom. The minimum atomic E-state index is 0.563. The Bertz CT molecular complexity index is 372. The van der Waals surface area contributed by atoms with Gasteiger partial charge in [-0.25, -0.2) is 0 Å². The maximum absolute atomic E-state index is 6.34. The van der Waals surface area contributed by atoms with Gasteiger partial charge in [0.25, 0.3) is 0 Å². The van der Waals surface area contributed by atoms with Crippen molar-refractivity contribution >= 4 is 6.72 Å². The Hall–Kier alpha value is -0.370. The van der Waals surface area contributed by atoms with Crippen LogP contribution in [-0.4, -0.2) is 25.5 Å². The van der Waals surface area contributed by atoms with E-state index in [1.807, 2.05) is 0 Å². The first-order valence-electron chi connectivity index (χ1n) is 11.4. The highest BCUT2D eigenvalue weighted by molar-refractivity contribution is 5.24. The van der Waals surface area contributed by atoms with Crippen LogP contribution in [0.2, 0.25) is 0 Å². The third-order valence-corrected chi connectivity index (χ3v) is 7.62. The minimum absolute atomic E-state index is 0.563. The molecule has 0 aliphatic heterocycles. The van der Waals surface area contributed by atoms with Crippen molar-refractivity contribution in [1.29, 1.82) is 0 Å². The van der Waals surface area contributed by atoms with Gasteiger partial charge < -0.3 is 4.74 Å². The van der Waals surface area contributed by atoms with Gasteiger partial charge >= 0.3 is 0 Å². The number of aliphatic imine (C=N–C) groups is 1. The second-order valence-corrected chi connectivity index (χ2v) is 9.30. The lowest BCUT2D eigenvalue weighted by atomic mass is 9.70. The van der Waals surface area contributed by atoms with Gasteiger partial charge in [0, 0.05) is 12.6 Å². The molecule has 0 amide bonds. The van der Waals surface area contributed by atoms with Gasteiger partial charge in [-0.2, -0.15) is 0 Å². The van der Waals surface area contributed by atoms with Crippen LogP contribution in [0.3, 0.4) is 0 Å². The van der Waals surface area contributed by atoms with E-state index in [4.69, 9.17) is 4.74 Å². The molecule has 3 aliphatic carbocycles. The summed E-state index contributed by atoms with van der Waals surface area (Å²) in [5.74, 6) is 3.81. The smallest absolute Gasteiger partial charge is 0.0575 e. The molecule has 0 heterocycles. The molecule has 0 aromatic rings. The quantitative estimate of drug-likeness (QED) is 0.486. The minimum Gasteiger partial charge on any atom is -0.378 e. The second-order valence-electron chi connectivity index (χ2n) is 9.30. The summed E-state index contributed by atoms with van der Waals surface area (Å²) >= 11 is 0. The van der Waals surface area contributed by atoms with Crippen LogP contribution in [-0.2, 0) is 4.74 Å². The van der Waals surface area contributed by atoms with Crippen molar-refractivity contribution in [3.05, 3.63) is 0 Å². The molecule has 0 saturated heterocycles. The Morgan fingerprint density at radius 2 is 1.32 bits per heavy atom. The summed E-state index contributed by atoms with van der Waals surface area (Å²) in [5, 5.41) is 0. The van der Waals surface area contributed by atoms with E-state index in [1.54, 1.807) is 0 Å². The van der Waals surface area contributed by atoms with Gasteiger partial charge in [0.2, 0.25) is 0 Å². The Balaban J connectivity index is 1.29. The van der Waals surface area contributed by atoms with Crippen molar-refractivity contribution in [2.24, 2.45) is 28.7 Å². The topological polar surface area (TPSA) is 21.6 Å². The molecule has 2 heteroatoms. The molecule has 0 aromatic carbocycles. The molecule has 0 bridgehead atoms. The SMILES string of the molecule is C=NC1CCC(C2CCC(COC3CCC(CCC)CC3)CC2)CC1. The van der Waals surface area contributed by atoms with E-state index in [0.29, 0.717) is 12.1 Å². The van der Waals surface area contributed by atoms with Gasteiger partial charge in [-0.1, -0.05) is 19.8 Å². The molecule has 0 unspecified atom stereocenters. The van der Waals surface area contributed by atoms with E-state index >= 15 is 0 Å². The van der Waals surface area contributed by atoms with Crippen molar-refractivity contribution in [2.45, 2.75) is 109 Å². The molecule has 0 aromatic heterocycles. The van der Waals surface area contributed by atoms with Gasteiger partial charge in [-0.3, -0.25) is 4.99 Å². The first kappa shape index (κ1) is 19.4. The first-order chi connectivity index (χ1) is 12.3. The number of nitrogens with zero attached hydrogens (tertiary/aromatic N) is 1. The van der Waals surface area contributed by atoms with Gasteiger partial charge in [0.05, 0.1) is 6.10 Å². The third-order valence-electron chi connectivity index (χ3n) is 7.62. The largest absolute Gasteiger partial charge is 0.378 e. The maximum Gasteiger partial charge on any atom is 0.0575 e. The summed E-state index contributed by atoms with van der Waals surface area (Å²) < 4.78 is 6.34. The van der Waals surface area contributed by atoms with Crippen LogP contribution in [0.1, 0.15) is 96.8 Å². The summed E-state index contributed by atoms with van der Waals surface area (Å²) in [4.78, 5) is 4.26. The van der Waals surface area contributed by atoms with Gasteiger partial charge in [0.15, 0.2) is 0 Å². The zero-order valence-corrected chi connectivity index (χ0v) is 16.6. The normalized spacial score (nSPS) is 39.9. The molecular weight excluding hydrogens is 306 g/mol. The van der Waals surface area contributed by atoms with Crippen LogP contribution >= 0.6 is 0 Å². The van der Waals surface area contributed by atoms with Crippen LogP contribution in [0.5, 0.6) is 0 Å². The van der Waals surface area contributed by atoms with Crippen molar-refractivity contribution in [3.8, 4) is 0 Å². The molecule has 3 fully saturated rings. The summed E-state index contributed by atoms with van der Waals surface area (Å²) in [6, 6.07) is 0.563. The number of ether oxygens (including phenoxy) is 1. The Morgan fingerprint density at radius 1 is 0.760 bits per heavy atom. The van der Waals surface area contributed by atoms with Crippen molar-refractivity contribution in [3.63, 3.8) is 0 Å². The summed E-state index contributed by atoms with van der Waals surface area (Å²) in [7, 11) is 0. The molecule has 3 saturated carbocycles. The molecule has 0 N–H and O–H groups in total. The van der Waals surface area contributed by atoms with Gasteiger partial charge in [-0.05, 0) is 107 Å². The highest BCUT2D eigenvalue weighted by Crippen LogP contribution is 2.40. The lowest BCUT2D eigenvalue weighted by molar-refractivity contribution is -0.0126. The lowest BCUT2D eigenvalue weighted by Crippen LogP contribution is -2.29. The van der Waals surface area contributed by atoms with Gasteiger partial charge in [-0.15, -0.1) is 0 Å². The number of rotatable bonds is 7. The molecule has 0 atom stereocenters. The Kier molecular flexibility index (Phi) is 7.83. The fourth-order valence-electron chi connectivity index (χ4n) is 5.85. The molecule has 2 nitrogen and oxygen atoms in total. The van der Waals surface area contributed by atoms with Crippen LogP contribution in [0.4, 0.5) is 0 Å². The molecule has 144 valence electrons. The Labute approximate surface area is 156 Å². The molecule has 0 radical (unpaired) electrons. The molecule has 3 aliphatic rings. The van der Waals surface area contributed by atoms with E-state index in [1.165, 1.54) is 89.9 Å². The maximum atomic E-state index is 6.34. The molecule has 25 heavy (non-hydrogen) atoms. The number of hydrogen-bond acceptors (Lipinski definition) is 2. The van der Waals surface area contributed by atoms with E-state index in [-0.39, 0.29) is 0 Å². The van der Waals surface area contributed by atoms with E-state index in [0.717, 1.165) is 30.3 Å². The zero-order valence-electron chi connectivity index (χ0n) is 16.6. The molecule has 3 rings (SSSR count).